The van der Waals surface area contributed by atoms with Crippen LogP contribution in [0, 0.1) is 6.92 Å². The molecule has 2 rings (SSSR count). The van der Waals surface area contributed by atoms with Crippen molar-refractivity contribution in [2.75, 3.05) is 20.8 Å². The van der Waals surface area contributed by atoms with Crippen molar-refractivity contribution < 1.29 is 37.1 Å². The second-order valence-corrected chi connectivity index (χ2v) is 4.80. The first kappa shape index (κ1) is 8.00. The molecule has 0 spiro atoms. The Kier molecular flexibility index (Phi) is 3.18. The summed E-state index contributed by atoms with van der Waals surface area (Å²) in [6.07, 6.45) is -10.1. The van der Waals surface area contributed by atoms with Gasteiger partial charge < -0.3 is 19.3 Å². The lowest BCUT2D eigenvalue weighted by Crippen LogP contribution is -2.17. The van der Waals surface area contributed by atoms with E-state index in [9.17, 15) is 5.11 Å². The van der Waals surface area contributed by atoms with Gasteiger partial charge in [0.05, 0.1) is 32.7 Å². The smallest absolute Gasteiger partial charge is 0.160 e. The summed E-state index contributed by atoms with van der Waals surface area (Å²) >= 11 is 0. The molecule has 2 aromatic carbocycles. The molecular weight excluding hydrogens is 316 g/mol. The van der Waals surface area contributed by atoms with Crippen LogP contribution in [0.5, 0.6) is 17.2 Å². The van der Waals surface area contributed by atoms with Gasteiger partial charge in [-0.25, -0.2) is 0 Å². The predicted octanol–water partition coefficient (Wildman–Crippen LogP) is 4.16. The number of benzene rings is 2. The van der Waals surface area contributed by atoms with E-state index in [4.69, 9.17) is 32.0 Å². The number of aliphatic hydroxyl groups excluding tert-OH is 1. The fourth-order valence-corrected chi connectivity index (χ4v) is 1.77. The van der Waals surface area contributed by atoms with Gasteiger partial charge in [-0.1, -0.05) is 24.5 Å². The topological polar surface area (TPSA) is 47.9 Å². The van der Waals surface area contributed by atoms with E-state index in [-0.39, 0.29) is 22.6 Å². The predicted molar refractivity (Wildman–Crippen MR) is 99.8 cm³/mol. The molecular formula is C21H28O4. The van der Waals surface area contributed by atoms with Crippen molar-refractivity contribution in [2.24, 2.45) is 0 Å². The Morgan fingerprint density at radius 1 is 1.12 bits per heavy atom. The zero-order valence-electron chi connectivity index (χ0n) is 27.2. The summed E-state index contributed by atoms with van der Waals surface area (Å²) in [5.41, 5.74) is -0.374. The Morgan fingerprint density at radius 2 is 1.92 bits per heavy atom. The van der Waals surface area contributed by atoms with Gasteiger partial charge in [0.2, 0.25) is 0 Å². The SMILES string of the molecule is [2H]c1c([2H])c(C)c([2H])c(OC([2H])([2H])C(O)C([2H])([2H])CC([2H])([2H])Cc2c([2H])c([2H])c(OC)c(OC)c2[2H])c1[2H]. The van der Waals surface area contributed by atoms with Crippen molar-refractivity contribution in [3.8, 4) is 17.2 Å². The molecule has 1 N–H and O–H groups in total. The summed E-state index contributed by atoms with van der Waals surface area (Å²) in [7, 11) is 2.40. The molecule has 0 bridgehead atoms. The van der Waals surface area contributed by atoms with Crippen LogP contribution in [0.1, 0.15) is 48.1 Å². The minimum Gasteiger partial charge on any atom is -0.493 e. The molecule has 0 radical (unpaired) electrons. The molecule has 4 heteroatoms. The highest BCUT2D eigenvalue weighted by molar-refractivity contribution is 5.42. The van der Waals surface area contributed by atoms with Gasteiger partial charge in [-0.3, -0.25) is 0 Å². The third-order valence-electron chi connectivity index (χ3n) is 2.93. The molecule has 0 aliphatic carbocycles. The van der Waals surface area contributed by atoms with Crippen molar-refractivity contribution in [1.29, 1.82) is 0 Å². The van der Waals surface area contributed by atoms with Gasteiger partial charge in [0.25, 0.3) is 0 Å². The Bertz CT molecular complexity index is 1190. The van der Waals surface area contributed by atoms with Crippen LogP contribution in [0.4, 0.5) is 0 Å². The van der Waals surface area contributed by atoms with Crippen LogP contribution in [-0.4, -0.2) is 32.0 Å². The van der Waals surface area contributed by atoms with Crippen LogP contribution < -0.4 is 14.2 Å². The number of aliphatic hydroxyl groups is 1. The Labute approximate surface area is 168 Å². The third kappa shape index (κ3) is 6.31. The molecule has 0 aliphatic heterocycles. The molecule has 0 heterocycles. The highest BCUT2D eigenvalue weighted by Crippen LogP contribution is 2.28. The number of hydrogen-bond acceptors (Lipinski definition) is 4. The lowest BCUT2D eigenvalue weighted by molar-refractivity contribution is 0.0976. The van der Waals surface area contributed by atoms with E-state index in [2.05, 4.69) is 0 Å². The lowest BCUT2D eigenvalue weighted by atomic mass is 10.0. The molecule has 0 aliphatic rings. The van der Waals surface area contributed by atoms with Crippen LogP contribution in [0.25, 0.3) is 0 Å². The summed E-state index contributed by atoms with van der Waals surface area (Å²) < 4.78 is 120. The molecule has 0 saturated heterocycles. The maximum absolute atomic E-state index is 10.6. The molecule has 25 heavy (non-hydrogen) atoms. The number of ether oxygens (including phenoxy) is 3. The van der Waals surface area contributed by atoms with E-state index in [1.807, 2.05) is 0 Å². The average molecular weight is 358 g/mol. The van der Waals surface area contributed by atoms with Gasteiger partial charge >= 0.3 is 0 Å². The fourth-order valence-electron chi connectivity index (χ4n) is 1.77. The van der Waals surface area contributed by atoms with Crippen molar-refractivity contribution in [3.05, 3.63) is 53.4 Å². The summed E-state index contributed by atoms with van der Waals surface area (Å²) in [4.78, 5) is 0. The molecule has 0 amide bonds. The third-order valence-corrected chi connectivity index (χ3v) is 2.93. The van der Waals surface area contributed by atoms with E-state index < -0.39 is 86.3 Å². The van der Waals surface area contributed by atoms with Crippen molar-refractivity contribution in [3.63, 3.8) is 0 Å². The highest BCUT2D eigenvalue weighted by atomic mass is 16.5. The van der Waals surface area contributed by atoms with Gasteiger partial charge in [0.15, 0.2) is 11.5 Å². The van der Waals surface area contributed by atoms with E-state index in [1.165, 1.54) is 21.1 Å². The van der Waals surface area contributed by atoms with Crippen LogP contribution in [0.2, 0.25) is 0 Å². The van der Waals surface area contributed by atoms with Gasteiger partial charge in [-0.2, -0.15) is 0 Å². The minimum atomic E-state index is -3.30. The Hall–Kier alpha value is -2.20. The number of hydrogen-bond donors (Lipinski definition) is 1. The average Bonchev–Trinajstić information content (AvgIpc) is 2.82. The van der Waals surface area contributed by atoms with Crippen LogP contribution in [0.15, 0.2) is 42.3 Å². The first-order chi connectivity index (χ1) is 17.2. The number of methoxy groups -OCH3 is 2. The van der Waals surface area contributed by atoms with Crippen molar-refractivity contribution >= 4 is 0 Å². The normalized spacial score (nSPS) is 21.0. The molecule has 1 unspecified atom stereocenters. The summed E-state index contributed by atoms with van der Waals surface area (Å²) in [6, 6.07) is -3.94. The van der Waals surface area contributed by atoms with Crippen LogP contribution >= 0.6 is 0 Å². The minimum absolute atomic E-state index is 0.0910. The maximum Gasteiger partial charge on any atom is 0.160 e. The second-order valence-electron chi connectivity index (χ2n) is 4.80. The van der Waals surface area contributed by atoms with Crippen LogP contribution in [-0.2, 0) is 6.42 Å². The first-order valence-corrected chi connectivity index (χ1v) is 7.38. The van der Waals surface area contributed by atoms with Gasteiger partial charge in [0, 0.05) is 5.48 Å². The molecule has 0 saturated carbocycles. The number of rotatable bonds is 10. The Morgan fingerprint density at radius 3 is 2.68 bits per heavy atom. The zero-order valence-corrected chi connectivity index (χ0v) is 14.2. The summed E-state index contributed by atoms with van der Waals surface area (Å²) in [5.74, 6) is -1.19. The molecule has 2 aromatic rings. The summed E-state index contributed by atoms with van der Waals surface area (Å²) in [6.45, 7) is -2.02. The molecule has 0 fully saturated rings. The highest BCUT2D eigenvalue weighted by Gasteiger charge is 2.07. The second kappa shape index (κ2) is 9.94. The quantitative estimate of drug-likeness (QED) is 0.693. The maximum atomic E-state index is 10.6. The molecule has 0 aromatic heterocycles. The van der Waals surface area contributed by atoms with Gasteiger partial charge in [-0.15, -0.1) is 0 Å². The van der Waals surface area contributed by atoms with Gasteiger partial charge in [-0.05, 0) is 61.4 Å². The van der Waals surface area contributed by atoms with E-state index in [1.54, 1.807) is 0 Å². The lowest BCUT2D eigenvalue weighted by Gasteiger charge is -2.13. The standard InChI is InChI=1S/C21H28O4/c1-16-7-6-10-19(13-16)25-15-18(22)9-5-4-8-17-11-12-20(23-2)21(14-17)24-3/h6-7,10-14,18,22H,4-5,8-9,15H2,1-3H3/i4D2,6D,7D,9D2,10D,11D,12D,13D,14D,15D2. The van der Waals surface area contributed by atoms with Gasteiger partial charge in [0.1, 0.15) is 12.3 Å². The van der Waals surface area contributed by atoms with E-state index in [0.717, 1.165) is 0 Å². The van der Waals surface area contributed by atoms with Crippen molar-refractivity contribution in [1.82, 2.24) is 0 Å². The zero-order chi connectivity index (χ0) is 29.5. The van der Waals surface area contributed by atoms with E-state index >= 15 is 0 Å². The molecule has 136 valence electrons. The Balaban J connectivity index is 2.39. The monoisotopic (exact) mass is 357 g/mol. The molecule has 1 atom stereocenters. The largest absolute Gasteiger partial charge is 0.493 e. The van der Waals surface area contributed by atoms with Crippen LogP contribution in [0.3, 0.4) is 0 Å². The first-order valence-electron chi connectivity index (χ1n) is 13.9. The fraction of sp³-hybridized carbons (Fsp3) is 0.429. The molecule has 4 nitrogen and oxygen atoms in total. The van der Waals surface area contributed by atoms with Crippen molar-refractivity contribution in [2.45, 2.75) is 38.6 Å². The van der Waals surface area contributed by atoms with E-state index in [0.29, 0.717) is 0 Å². The summed E-state index contributed by atoms with van der Waals surface area (Å²) in [5, 5.41) is 10.6.